The van der Waals surface area contributed by atoms with Crippen LogP contribution in [0.1, 0.15) is 12.0 Å². The largest absolute Gasteiger partial charge is 0.355 e. The summed E-state index contributed by atoms with van der Waals surface area (Å²) in [5, 5.41) is 2.90. The maximum absolute atomic E-state index is 12.7. The van der Waals surface area contributed by atoms with Gasteiger partial charge in [0.05, 0.1) is 5.75 Å². The van der Waals surface area contributed by atoms with E-state index in [0.29, 0.717) is 12.3 Å². The van der Waals surface area contributed by atoms with Gasteiger partial charge >= 0.3 is 0 Å². The van der Waals surface area contributed by atoms with Gasteiger partial charge in [0.25, 0.3) is 0 Å². The van der Waals surface area contributed by atoms with E-state index in [0.717, 1.165) is 23.3 Å². The highest BCUT2D eigenvalue weighted by atomic mass is 32.2. The molecule has 0 unspecified atom stereocenters. The van der Waals surface area contributed by atoms with E-state index >= 15 is 0 Å². The normalized spacial score (nSPS) is 10.3. The first kappa shape index (κ1) is 15.6. The molecule has 0 aliphatic carbocycles. The zero-order valence-corrected chi connectivity index (χ0v) is 12.5. The first-order valence-electron chi connectivity index (χ1n) is 6.93. The number of halogens is 1. The summed E-state index contributed by atoms with van der Waals surface area (Å²) in [7, 11) is 0. The molecule has 0 bridgehead atoms. The number of amides is 1. The Morgan fingerprint density at radius 2 is 1.76 bits per heavy atom. The van der Waals surface area contributed by atoms with Crippen molar-refractivity contribution in [3.05, 3.63) is 66.0 Å². The van der Waals surface area contributed by atoms with Gasteiger partial charge in [0.15, 0.2) is 0 Å². The van der Waals surface area contributed by atoms with Crippen LogP contribution in [0.3, 0.4) is 0 Å². The van der Waals surface area contributed by atoms with Crippen molar-refractivity contribution in [1.29, 1.82) is 0 Å². The molecule has 0 atom stereocenters. The minimum absolute atomic E-state index is 0.0444. The van der Waals surface area contributed by atoms with Crippen molar-refractivity contribution in [1.82, 2.24) is 5.32 Å². The molecule has 0 radical (unpaired) electrons. The summed E-state index contributed by atoms with van der Waals surface area (Å²) in [4.78, 5) is 12.8. The van der Waals surface area contributed by atoms with E-state index < -0.39 is 0 Å². The molecule has 2 rings (SSSR count). The van der Waals surface area contributed by atoms with Gasteiger partial charge in [0, 0.05) is 11.4 Å². The van der Waals surface area contributed by atoms with E-state index in [9.17, 15) is 9.18 Å². The molecule has 0 spiro atoms. The predicted octanol–water partition coefficient (Wildman–Crippen LogP) is 3.67. The average molecular weight is 303 g/mol. The molecule has 0 saturated carbocycles. The Morgan fingerprint density at radius 1 is 1.05 bits per heavy atom. The quantitative estimate of drug-likeness (QED) is 0.624. The number of carbonyl (C=O) groups excluding carboxylic acids is 1. The van der Waals surface area contributed by atoms with Crippen LogP contribution >= 0.6 is 11.8 Å². The molecule has 2 nitrogen and oxygen atoms in total. The number of benzene rings is 2. The summed E-state index contributed by atoms with van der Waals surface area (Å²) in [6.45, 7) is 0.644. The second-order valence-electron chi connectivity index (χ2n) is 4.68. The zero-order chi connectivity index (χ0) is 14.9. The molecule has 2 aromatic rings. The van der Waals surface area contributed by atoms with Crippen LogP contribution in [-0.4, -0.2) is 18.2 Å². The van der Waals surface area contributed by atoms with Crippen molar-refractivity contribution in [3.63, 3.8) is 0 Å². The summed E-state index contributed by atoms with van der Waals surface area (Å²) in [5.41, 5.74) is 1.09. The van der Waals surface area contributed by atoms with Crippen LogP contribution in [0.25, 0.3) is 0 Å². The molecule has 0 fully saturated rings. The summed E-state index contributed by atoms with van der Waals surface area (Å²) < 4.78 is 12.7. The van der Waals surface area contributed by atoms with Gasteiger partial charge in [0.1, 0.15) is 5.82 Å². The maximum atomic E-state index is 12.7. The molecule has 0 aromatic heterocycles. The van der Waals surface area contributed by atoms with Crippen LogP contribution in [0, 0.1) is 5.82 Å². The van der Waals surface area contributed by atoms with Crippen molar-refractivity contribution in [2.75, 3.05) is 12.3 Å². The number of rotatable bonds is 7. The second-order valence-corrected chi connectivity index (χ2v) is 5.73. The molecule has 1 amide bonds. The van der Waals surface area contributed by atoms with E-state index in [1.807, 2.05) is 30.3 Å². The second kappa shape index (κ2) is 8.47. The van der Waals surface area contributed by atoms with Crippen molar-refractivity contribution in [2.45, 2.75) is 17.7 Å². The fourth-order valence-corrected chi connectivity index (χ4v) is 2.64. The van der Waals surface area contributed by atoms with Gasteiger partial charge < -0.3 is 5.32 Å². The van der Waals surface area contributed by atoms with Crippen molar-refractivity contribution < 1.29 is 9.18 Å². The number of carbonyl (C=O) groups is 1. The SMILES string of the molecule is O=C(CSc1ccccc1)NCCCc1ccc(F)cc1. The van der Waals surface area contributed by atoms with E-state index in [2.05, 4.69) is 5.32 Å². The minimum atomic E-state index is -0.218. The first-order chi connectivity index (χ1) is 10.2. The highest BCUT2D eigenvalue weighted by molar-refractivity contribution is 8.00. The van der Waals surface area contributed by atoms with E-state index in [4.69, 9.17) is 0 Å². The number of nitrogens with one attached hydrogen (secondary N) is 1. The van der Waals surface area contributed by atoms with Crippen LogP contribution in [0.15, 0.2) is 59.5 Å². The monoisotopic (exact) mass is 303 g/mol. The third-order valence-corrected chi connectivity index (χ3v) is 4.00. The van der Waals surface area contributed by atoms with Gasteiger partial charge in [-0.3, -0.25) is 4.79 Å². The lowest BCUT2D eigenvalue weighted by molar-refractivity contribution is -0.118. The smallest absolute Gasteiger partial charge is 0.230 e. The highest BCUT2D eigenvalue weighted by Gasteiger charge is 2.02. The molecule has 0 aliphatic heterocycles. The summed E-state index contributed by atoms with van der Waals surface area (Å²) in [6, 6.07) is 16.4. The predicted molar refractivity (Wildman–Crippen MR) is 84.9 cm³/mol. The van der Waals surface area contributed by atoms with E-state index in [-0.39, 0.29) is 11.7 Å². The Morgan fingerprint density at radius 3 is 2.48 bits per heavy atom. The van der Waals surface area contributed by atoms with E-state index in [1.54, 1.807) is 12.1 Å². The number of hydrogen-bond acceptors (Lipinski definition) is 2. The molecule has 110 valence electrons. The molecule has 21 heavy (non-hydrogen) atoms. The molecule has 0 heterocycles. The molecule has 2 aromatic carbocycles. The van der Waals surface area contributed by atoms with Gasteiger partial charge in [-0.15, -0.1) is 11.8 Å². The van der Waals surface area contributed by atoms with Crippen LogP contribution in [0.5, 0.6) is 0 Å². The third kappa shape index (κ3) is 6.00. The van der Waals surface area contributed by atoms with Crippen molar-refractivity contribution >= 4 is 17.7 Å². The summed E-state index contributed by atoms with van der Waals surface area (Å²) in [5.74, 6) is 0.258. The van der Waals surface area contributed by atoms with Crippen LogP contribution in [0.4, 0.5) is 4.39 Å². The van der Waals surface area contributed by atoms with Crippen molar-refractivity contribution in [2.24, 2.45) is 0 Å². The lowest BCUT2D eigenvalue weighted by Gasteiger charge is -2.05. The molecule has 0 aliphatic rings. The van der Waals surface area contributed by atoms with Gasteiger partial charge in [-0.1, -0.05) is 30.3 Å². The Kier molecular flexibility index (Phi) is 6.28. The summed E-state index contributed by atoms with van der Waals surface area (Å²) in [6.07, 6.45) is 1.69. The highest BCUT2D eigenvalue weighted by Crippen LogP contribution is 2.16. The molecule has 4 heteroatoms. The van der Waals surface area contributed by atoms with Gasteiger partial charge in [-0.05, 0) is 42.7 Å². The lowest BCUT2D eigenvalue weighted by atomic mass is 10.1. The lowest BCUT2D eigenvalue weighted by Crippen LogP contribution is -2.26. The number of thioether (sulfide) groups is 1. The molecule has 1 N–H and O–H groups in total. The zero-order valence-electron chi connectivity index (χ0n) is 11.7. The van der Waals surface area contributed by atoms with Gasteiger partial charge in [0.2, 0.25) is 5.91 Å². The van der Waals surface area contributed by atoms with Gasteiger partial charge in [-0.25, -0.2) is 4.39 Å². The molecule has 0 saturated heterocycles. The van der Waals surface area contributed by atoms with Crippen LogP contribution in [-0.2, 0) is 11.2 Å². The minimum Gasteiger partial charge on any atom is -0.355 e. The molecular weight excluding hydrogens is 285 g/mol. The Bertz CT molecular complexity index is 557. The average Bonchev–Trinajstić information content (AvgIpc) is 2.52. The van der Waals surface area contributed by atoms with Crippen molar-refractivity contribution in [3.8, 4) is 0 Å². The summed E-state index contributed by atoms with van der Waals surface area (Å²) >= 11 is 1.53. The van der Waals surface area contributed by atoms with Gasteiger partial charge in [-0.2, -0.15) is 0 Å². The molecular formula is C17H18FNOS. The fraction of sp³-hybridized carbons (Fsp3) is 0.235. The van der Waals surface area contributed by atoms with Crippen LogP contribution in [0.2, 0.25) is 0 Å². The maximum Gasteiger partial charge on any atom is 0.230 e. The van der Waals surface area contributed by atoms with E-state index in [1.165, 1.54) is 23.9 Å². The number of hydrogen-bond donors (Lipinski definition) is 1. The standard InChI is InChI=1S/C17H18FNOS/c18-15-10-8-14(9-11-15)5-4-12-19-17(20)13-21-16-6-2-1-3-7-16/h1-3,6-11H,4-5,12-13H2,(H,19,20). The first-order valence-corrected chi connectivity index (χ1v) is 7.91. The Hall–Kier alpha value is -1.81. The Labute approximate surface area is 128 Å². The fourth-order valence-electron chi connectivity index (χ4n) is 1.89. The topological polar surface area (TPSA) is 29.1 Å². The van der Waals surface area contributed by atoms with Crippen LogP contribution < -0.4 is 5.32 Å². The number of aryl methyl sites for hydroxylation is 1. The Balaban J connectivity index is 1.60. The third-order valence-electron chi connectivity index (χ3n) is 2.99.